The first-order valence-electron chi connectivity index (χ1n) is 5.94. The summed E-state index contributed by atoms with van der Waals surface area (Å²) in [6, 6.07) is 0. The van der Waals surface area contributed by atoms with Crippen LogP contribution in [-0.2, 0) is 0 Å². The zero-order valence-corrected chi connectivity index (χ0v) is 10.3. The molecule has 0 amide bonds. The summed E-state index contributed by atoms with van der Waals surface area (Å²) >= 11 is 0. The van der Waals surface area contributed by atoms with Gasteiger partial charge in [-0.1, -0.05) is 19.1 Å². The Morgan fingerprint density at radius 2 is 2.07 bits per heavy atom. The summed E-state index contributed by atoms with van der Waals surface area (Å²) in [5, 5.41) is 10.6. The highest BCUT2D eigenvalue weighted by Gasteiger charge is 2.54. The third-order valence-corrected chi connectivity index (χ3v) is 4.83. The van der Waals surface area contributed by atoms with Gasteiger partial charge < -0.3 is 5.11 Å². The molecule has 3 fully saturated rings. The maximum Gasteiger partial charge on any atom is 0.0865 e. The summed E-state index contributed by atoms with van der Waals surface area (Å²) in [5.41, 5.74) is 2.98. The van der Waals surface area contributed by atoms with Crippen molar-refractivity contribution in [1.29, 1.82) is 0 Å². The molecule has 4 atom stereocenters. The zero-order valence-electron chi connectivity index (χ0n) is 10.3. The lowest BCUT2D eigenvalue weighted by molar-refractivity contribution is -0.106. The fourth-order valence-electron chi connectivity index (χ4n) is 3.38. The molecule has 0 aliphatic heterocycles. The van der Waals surface area contributed by atoms with Gasteiger partial charge in [0.1, 0.15) is 0 Å². The number of allylic oxidation sites excluding steroid dienone is 2. The molecule has 0 heterocycles. The Balaban J connectivity index is 2.38. The molecule has 0 aromatic rings. The van der Waals surface area contributed by atoms with E-state index in [0.717, 1.165) is 17.9 Å². The van der Waals surface area contributed by atoms with Crippen molar-refractivity contribution in [2.75, 3.05) is 0 Å². The molecule has 0 aromatic heterocycles. The van der Waals surface area contributed by atoms with Gasteiger partial charge in [0, 0.05) is 0 Å². The van der Waals surface area contributed by atoms with Gasteiger partial charge in [-0.15, -0.1) is 0 Å². The van der Waals surface area contributed by atoms with Crippen LogP contribution in [0.2, 0.25) is 0 Å². The van der Waals surface area contributed by atoms with Gasteiger partial charge in [-0.2, -0.15) is 0 Å². The minimum atomic E-state index is -0.586. The Morgan fingerprint density at radius 3 is 2.47 bits per heavy atom. The molecule has 1 nitrogen and oxygen atoms in total. The molecular formula is C14H22O. The van der Waals surface area contributed by atoms with E-state index in [1.54, 1.807) is 0 Å². The molecular weight excluding hydrogens is 184 g/mol. The summed E-state index contributed by atoms with van der Waals surface area (Å²) in [6.45, 7) is 12.4. The monoisotopic (exact) mass is 206 g/mol. The van der Waals surface area contributed by atoms with E-state index in [0.29, 0.717) is 11.8 Å². The average Bonchev–Trinajstić information content (AvgIpc) is 2.13. The Labute approximate surface area is 92.9 Å². The number of fused-ring (bicyclic) bond motifs is 2. The average molecular weight is 206 g/mol. The highest BCUT2D eigenvalue weighted by atomic mass is 16.3. The molecule has 15 heavy (non-hydrogen) atoms. The number of hydrogen-bond acceptors (Lipinski definition) is 1. The standard InChI is InChI=1S/C14H22O/c1-8(2)9(3)12-6-11-7-13(10(11)4)14(12,5)15/h10-11,13,15H,1,6-7H2,2-5H3/b12-9+/t10-,11-,13+,14-/m1/s1. The highest BCUT2D eigenvalue weighted by Crippen LogP contribution is 2.58. The van der Waals surface area contributed by atoms with Crippen LogP contribution in [-0.4, -0.2) is 10.7 Å². The number of hydrogen-bond donors (Lipinski definition) is 1. The Morgan fingerprint density at radius 1 is 1.47 bits per heavy atom. The van der Waals surface area contributed by atoms with Crippen LogP contribution in [0.4, 0.5) is 0 Å². The van der Waals surface area contributed by atoms with Gasteiger partial charge >= 0.3 is 0 Å². The van der Waals surface area contributed by atoms with Gasteiger partial charge in [-0.3, -0.25) is 0 Å². The second-order valence-electron chi connectivity index (χ2n) is 5.70. The largest absolute Gasteiger partial charge is 0.385 e. The van der Waals surface area contributed by atoms with Crippen molar-refractivity contribution in [2.24, 2.45) is 17.8 Å². The smallest absolute Gasteiger partial charge is 0.0865 e. The van der Waals surface area contributed by atoms with E-state index in [1.807, 2.05) is 13.8 Å². The summed E-state index contributed by atoms with van der Waals surface area (Å²) in [6.07, 6.45) is 2.28. The van der Waals surface area contributed by atoms with Crippen LogP contribution >= 0.6 is 0 Å². The first-order valence-corrected chi connectivity index (χ1v) is 5.94. The minimum Gasteiger partial charge on any atom is -0.385 e. The topological polar surface area (TPSA) is 20.2 Å². The molecule has 0 unspecified atom stereocenters. The van der Waals surface area contributed by atoms with Gasteiger partial charge in [0.15, 0.2) is 0 Å². The summed E-state index contributed by atoms with van der Waals surface area (Å²) in [4.78, 5) is 0. The van der Waals surface area contributed by atoms with Crippen molar-refractivity contribution < 1.29 is 5.11 Å². The van der Waals surface area contributed by atoms with E-state index in [1.165, 1.54) is 17.6 Å². The van der Waals surface area contributed by atoms with Crippen LogP contribution in [0.3, 0.4) is 0 Å². The molecule has 2 bridgehead atoms. The fraction of sp³-hybridized carbons (Fsp3) is 0.714. The molecule has 84 valence electrons. The lowest BCUT2D eigenvalue weighted by Crippen LogP contribution is -2.56. The van der Waals surface area contributed by atoms with Crippen LogP contribution in [0, 0.1) is 17.8 Å². The second-order valence-corrected chi connectivity index (χ2v) is 5.70. The predicted molar refractivity (Wildman–Crippen MR) is 63.5 cm³/mol. The lowest BCUT2D eigenvalue weighted by atomic mass is 9.50. The number of aliphatic hydroxyl groups is 1. The maximum absolute atomic E-state index is 10.6. The molecule has 0 aromatic carbocycles. The van der Waals surface area contributed by atoms with E-state index in [4.69, 9.17) is 0 Å². The van der Waals surface area contributed by atoms with Crippen LogP contribution in [0.25, 0.3) is 0 Å². The zero-order chi connectivity index (χ0) is 11.4. The fourth-order valence-corrected chi connectivity index (χ4v) is 3.38. The molecule has 0 radical (unpaired) electrons. The Hall–Kier alpha value is -0.560. The molecule has 1 N–H and O–H groups in total. The third kappa shape index (κ3) is 1.40. The molecule has 3 aliphatic rings. The highest BCUT2D eigenvalue weighted by molar-refractivity contribution is 5.38. The minimum absolute atomic E-state index is 0.473. The van der Waals surface area contributed by atoms with Crippen molar-refractivity contribution in [2.45, 2.75) is 46.1 Å². The van der Waals surface area contributed by atoms with E-state index in [9.17, 15) is 5.11 Å². The first-order chi connectivity index (χ1) is 6.85. The molecule has 3 rings (SSSR count). The first kappa shape index (κ1) is 10.9. The van der Waals surface area contributed by atoms with E-state index < -0.39 is 5.60 Å². The van der Waals surface area contributed by atoms with Gasteiger partial charge in [-0.25, -0.2) is 0 Å². The molecule has 0 spiro atoms. The Kier molecular flexibility index (Phi) is 2.34. The van der Waals surface area contributed by atoms with E-state index in [2.05, 4.69) is 20.4 Å². The lowest BCUT2D eigenvalue weighted by Gasteiger charge is -2.57. The summed E-state index contributed by atoms with van der Waals surface area (Å²) in [7, 11) is 0. The SMILES string of the molecule is C=C(C)/C(C)=C1\C[C@@H]2C[C@@H]([C@@H]2C)[C@]1(C)O. The van der Waals surface area contributed by atoms with Crippen LogP contribution in [0.1, 0.15) is 40.5 Å². The molecule has 0 saturated heterocycles. The van der Waals surface area contributed by atoms with Crippen LogP contribution in [0.5, 0.6) is 0 Å². The molecule has 1 heteroatoms. The van der Waals surface area contributed by atoms with Crippen molar-refractivity contribution in [1.82, 2.24) is 0 Å². The van der Waals surface area contributed by atoms with Gasteiger partial charge in [-0.05, 0) is 62.5 Å². The van der Waals surface area contributed by atoms with E-state index in [-0.39, 0.29) is 0 Å². The maximum atomic E-state index is 10.6. The van der Waals surface area contributed by atoms with Gasteiger partial charge in [0.25, 0.3) is 0 Å². The molecule has 3 aliphatic carbocycles. The van der Waals surface area contributed by atoms with E-state index >= 15 is 0 Å². The Bertz CT molecular complexity index is 335. The predicted octanol–water partition coefficient (Wildman–Crippen LogP) is 3.31. The molecule has 3 saturated carbocycles. The van der Waals surface area contributed by atoms with Crippen LogP contribution < -0.4 is 0 Å². The second kappa shape index (κ2) is 3.21. The van der Waals surface area contributed by atoms with Crippen molar-refractivity contribution >= 4 is 0 Å². The number of rotatable bonds is 1. The normalized spacial score (nSPS) is 47.1. The van der Waals surface area contributed by atoms with Crippen molar-refractivity contribution in [3.8, 4) is 0 Å². The summed E-state index contributed by atoms with van der Waals surface area (Å²) < 4.78 is 0. The van der Waals surface area contributed by atoms with Gasteiger partial charge in [0.05, 0.1) is 5.60 Å². The van der Waals surface area contributed by atoms with Gasteiger partial charge in [0.2, 0.25) is 0 Å². The third-order valence-electron chi connectivity index (χ3n) is 4.83. The quantitative estimate of drug-likeness (QED) is 0.698. The van der Waals surface area contributed by atoms with Crippen LogP contribution in [0.15, 0.2) is 23.3 Å². The van der Waals surface area contributed by atoms with Crippen molar-refractivity contribution in [3.63, 3.8) is 0 Å². The van der Waals surface area contributed by atoms with Crippen molar-refractivity contribution in [3.05, 3.63) is 23.3 Å². The summed E-state index contributed by atoms with van der Waals surface area (Å²) in [5.74, 6) is 1.97.